The number of hydrogen-bond acceptors (Lipinski definition) is 3. The number of unbranched alkanes of at least 4 members (excludes halogenated alkanes) is 2. The molecule has 0 N–H and O–H groups in total. The van der Waals surface area contributed by atoms with Crippen molar-refractivity contribution in [3.05, 3.63) is 58.9 Å². The highest BCUT2D eigenvalue weighted by Crippen LogP contribution is 2.23. The molecule has 5 heteroatoms. The topological polar surface area (TPSA) is 30.3 Å². The van der Waals surface area contributed by atoms with Gasteiger partial charge in [-0.1, -0.05) is 50.4 Å². The van der Waals surface area contributed by atoms with Crippen LogP contribution >= 0.6 is 11.6 Å². The Hall–Kier alpha value is -2.04. The third-order valence-electron chi connectivity index (χ3n) is 5.66. The van der Waals surface area contributed by atoms with Crippen LogP contribution in [0.15, 0.2) is 42.5 Å². The fourth-order valence-corrected chi connectivity index (χ4v) is 4.08. The first-order valence-corrected chi connectivity index (χ1v) is 12.0. The Bertz CT molecular complexity index is 945. The van der Waals surface area contributed by atoms with Crippen molar-refractivity contribution in [2.45, 2.75) is 66.0 Å². The summed E-state index contributed by atoms with van der Waals surface area (Å²) in [5.41, 5.74) is 3.25. The van der Waals surface area contributed by atoms with Crippen LogP contribution in [0.5, 0.6) is 5.75 Å². The number of hydrogen-bond donors (Lipinski definition) is 0. The van der Waals surface area contributed by atoms with Crippen molar-refractivity contribution in [1.29, 1.82) is 0 Å². The Morgan fingerprint density at radius 2 is 1.71 bits per heavy atom. The quantitative estimate of drug-likeness (QED) is 0.290. The number of nitrogens with zero attached hydrogens (tertiary/aromatic N) is 3. The number of rotatable bonds is 13. The molecule has 0 saturated carbocycles. The molecule has 3 rings (SSSR count). The van der Waals surface area contributed by atoms with Crippen LogP contribution in [0, 0.1) is 6.92 Å². The molecule has 3 aromatic rings. The molecular formula is C26H36ClN3O. The van der Waals surface area contributed by atoms with E-state index in [2.05, 4.69) is 42.4 Å². The van der Waals surface area contributed by atoms with Gasteiger partial charge < -0.3 is 14.2 Å². The fraction of sp³-hybridized carbons (Fsp3) is 0.500. The third kappa shape index (κ3) is 6.98. The molecule has 0 fully saturated rings. The molecule has 0 unspecified atom stereocenters. The molecule has 0 saturated heterocycles. The molecule has 0 aliphatic heterocycles. The molecule has 4 nitrogen and oxygen atoms in total. The van der Waals surface area contributed by atoms with Gasteiger partial charge in [-0.05, 0) is 81.7 Å². The van der Waals surface area contributed by atoms with Crippen molar-refractivity contribution in [1.82, 2.24) is 14.5 Å². The average Bonchev–Trinajstić information content (AvgIpc) is 3.10. The van der Waals surface area contributed by atoms with Crippen molar-refractivity contribution < 1.29 is 4.74 Å². The second-order valence-electron chi connectivity index (χ2n) is 8.32. The Balaban J connectivity index is 1.72. The number of benzene rings is 2. The summed E-state index contributed by atoms with van der Waals surface area (Å²) in [5.74, 6) is 1.83. The molecule has 1 heterocycles. The molecular weight excluding hydrogens is 406 g/mol. The predicted molar refractivity (Wildman–Crippen MR) is 131 cm³/mol. The number of fused-ring (bicyclic) bond motifs is 1. The zero-order valence-corrected chi connectivity index (χ0v) is 20.0. The zero-order chi connectivity index (χ0) is 22.1. The fourth-order valence-electron chi connectivity index (χ4n) is 3.91. The van der Waals surface area contributed by atoms with E-state index in [0.29, 0.717) is 6.61 Å². The monoisotopic (exact) mass is 441 g/mol. The van der Waals surface area contributed by atoms with Gasteiger partial charge in [-0.15, -0.1) is 0 Å². The number of ether oxygens (including phenoxy) is 1. The minimum Gasteiger partial charge on any atom is -0.486 e. The van der Waals surface area contributed by atoms with Gasteiger partial charge in [0.2, 0.25) is 0 Å². The molecule has 0 amide bonds. The van der Waals surface area contributed by atoms with E-state index in [-0.39, 0.29) is 0 Å². The zero-order valence-electron chi connectivity index (χ0n) is 19.2. The van der Waals surface area contributed by atoms with Crippen LogP contribution in [-0.2, 0) is 13.2 Å². The molecule has 0 radical (unpaired) electrons. The van der Waals surface area contributed by atoms with Gasteiger partial charge in [0.15, 0.2) is 0 Å². The van der Waals surface area contributed by atoms with Crippen LogP contribution in [0.2, 0.25) is 5.02 Å². The standard InChI is InChI=1S/C26H36ClN3O/c1-4-6-14-29(15-7-5-2)16-9-17-30-25-19-22(27)12-13-24(25)28-26(30)20-31-23-11-8-10-21(3)18-23/h8,10-13,18-19H,4-7,9,14-17,20H2,1-3H3. The molecule has 0 aliphatic carbocycles. The van der Waals surface area contributed by atoms with Crippen LogP contribution in [0.25, 0.3) is 11.0 Å². The van der Waals surface area contributed by atoms with E-state index < -0.39 is 0 Å². The van der Waals surface area contributed by atoms with Gasteiger partial charge in [0, 0.05) is 11.6 Å². The van der Waals surface area contributed by atoms with Crippen LogP contribution < -0.4 is 4.74 Å². The summed E-state index contributed by atoms with van der Waals surface area (Å²) in [5, 5.41) is 0.743. The highest BCUT2D eigenvalue weighted by atomic mass is 35.5. The van der Waals surface area contributed by atoms with Gasteiger partial charge in [-0.2, -0.15) is 0 Å². The van der Waals surface area contributed by atoms with Crippen LogP contribution in [0.4, 0.5) is 0 Å². The Labute approximate surface area is 192 Å². The van der Waals surface area contributed by atoms with E-state index in [1.165, 1.54) is 44.3 Å². The lowest BCUT2D eigenvalue weighted by Crippen LogP contribution is -2.28. The molecule has 1 aromatic heterocycles. The third-order valence-corrected chi connectivity index (χ3v) is 5.89. The molecule has 2 aromatic carbocycles. The maximum atomic E-state index is 6.31. The second-order valence-corrected chi connectivity index (χ2v) is 8.76. The van der Waals surface area contributed by atoms with E-state index >= 15 is 0 Å². The minimum absolute atomic E-state index is 0.450. The molecule has 31 heavy (non-hydrogen) atoms. The molecule has 0 bridgehead atoms. The lowest BCUT2D eigenvalue weighted by Gasteiger charge is -2.22. The first kappa shape index (κ1) is 23.6. The van der Waals surface area contributed by atoms with Gasteiger partial charge in [0.1, 0.15) is 18.2 Å². The minimum atomic E-state index is 0.450. The molecule has 168 valence electrons. The first-order valence-electron chi connectivity index (χ1n) is 11.7. The summed E-state index contributed by atoms with van der Waals surface area (Å²) in [6.07, 6.45) is 6.11. The van der Waals surface area contributed by atoms with Gasteiger partial charge >= 0.3 is 0 Å². The average molecular weight is 442 g/mol. The number of aryl methyl sites for hydroxylation is 2. The van der Waals surface area contributed by atoms with Crippen molar-refractivity contribution in [2.75, 3.05) is 19.6 Å². The molecule has 0 aliphatic rings. The summed E-state index contributed by atoms with van der Waals surface area (Å²) in [7, 11) is 0. The normalized spacial score (nSPS) is 11.5. The van der Waals surface area contributed by atoms with Crippen molar-refractivity contribution in [3.8, 4) is 5.75 Å². The van der Waals surface area contributed by atoms with E-state index in [0.717, 1.165) is 47.1 Å². The first-order chi connectivity index (χ1) is 15.1. The van der Waals surface area contributed by atoms with Crippen LogP contribution in [0.3, 0.4) is 0 Å². The van der Waals surface area contributed by atoms with E-state index in [4.69, 9.17) is 21.3 Å². The van der Waals surface area contributed by atoms with Crippen molar-refractivity contribution >= 4 is 22.6 Å². The Morgan fingerprint density at radius 1 is 0.968 bits per heavy atom. The maximum absolute atomic E-state index is 6.31. The van der Waals surface area contributed by atoms with Crippen molar-refractivity contribution in [2.24, 2.45) is 0 Å². The Kier molecular flexibility index (Phi) is 9.23. The highest BCUT2D eigenvalue weighted by Gasteiger charge is 2.13. The second kappa shape index (κ2) is 12.1. The lowest BCUT2D eigenvalue weighted by atomic mass is 10.2. The maximum Gasteiger partial charge on any atom is 0.147 e. The summed E-state index contributed by atoms with van der Waals surface area (Å²) in [4.78, 5) is 7.47. The van der Waals surface area contributed by atoms with E-state index in [1.54, 1.807) is 0 Å². The van der Waals surface area contributed by atoms with Gasteiger partial charge in [0.25, 0.3) is 0 Å². The molecule has 0 atom stereocenters. The number of aromatic nitrogens is 2. The molecule has 0 spiro atoms. The lowest BCUT2D eigenvalue weighted by molar-refractivity contribution is 0.254. The largest absolute Gasteiger partial charge is 0.486 e. The van der Waals surface area contributed by atoms with Crippen LogP contribution in [-0.4, -0.2) is 34.1 Å². The van der Waals surface area contributed by atoms with Gasteiger partial charge in [0.05, 0.1) is 11.0 Å². The van der Waals surface area contributed by atoms with E-state index in [1.807, 2.05) is 30.3 Å². The summed E-state index contributed by atoms with van der Waals surface area (Å²) >= 11 is 6.31. The van der Waals surface area contributed by atoms with Gasteiger partial charge in [-0.25, -0.2) is 4.98 Å². The highest BCUT2D eigenvalue weighted by molar-refractivity contribution is 6.31. The summed E-state index contributed by atoms with van der Waals surface area (Å²) < 4.78 is 8.37. The van der Waals surface area contributed by atoms with Crippen molar-refractivity contribution in [3.63, 3.8) is 0 Å². The number of imidazole rings is 1. The Morgan fingerprint density at radius 3 is 2.42 bits per heavy atom. The number of halogens is 1. The SMILES string of the molecule is CCCCN(CCCC)CCCn1c(COc2cccc(C)c2)nc2ccc(Cl)cc21. The summed E-state index contributed by atoms with van der Waals surface area (Å²) in [6, 6.07) is 14.1. The van der Waals surface area contributed by atoms with E-state index in [9.17, 15) is 0 Å². The van der Waals surface area contributed by atoms with Crippen LogP contribution in [0.1, 0.15) is 57.3 Å². The summed E-state index contributed by atoms with van der Waals surface area (Å²) in [6.45, 7) is 11.5. The predicted octanol–water partition coefficient (Wildman–Crippen LogP) is 6.87. The van der Waals surface area contributed by atoms with Gasteiger partial charge in [-0.3, -0.25) is 0 Å². The smallest absolute Gasteiger partial charge is 0.147 e.